The number of ether oxygens (including phenoxy) is 1. The lowest BCUT2D eigenvalue weighted by atomic mass is 9.92. The molecule has 15 heavy (non-hydrogen) atoms. The third-order valence-electron chi connectivity index (χ3n) is 3.93. The van der Waals surface area contributed by atoms with Gasteiger partial charge >= 0.3 is 0 Å². The Hall–Kier alpha value is -0.0800. The maximum atomic E-state index is 9.72. The summed E-state index contributed by atoms with van der Waals surface area (Å²) in [5.41, 5.74) is 0. The van der Waals surface area contributed by atoms with Crippen LogP contribution in [-0.2, 0) is 4.74 Å². The predicted molar refractivity (Wildman–Crippen MR) is 60.8 cm³/mol. The second-order valence-corrected chi connectivity index (χ2v) is 5.25. The maximum Gasteiger partial charge on any atom is 0.0576 e. The first-order valence-electron chi connectivity index (χ1n) is 6.64. The van der Waals surface area contributed by atoms with Crippen LogP contribution in [0.2, 0.25) is 0 Å². The average molecular weight is 212 g/mol. The molecule has 3 unspecified atom stereocenters. The quantitative estimate of drug-likeness (QED) is 0.729. The van der Waals surface area contributed by atoms with E-state index in [1.165, 1.54) is 44.9 Å². The first-order chi connectivity index (χ1) is 7.34. The second-order valence-electron chi connectivity index (χ2n) is 5.25. The van der Waals surface area contributed by atoms with E-state index in [0.717, 1.165) is 25.4 Å². The summed E-state index contributed by atoms with van der Waals surface area (Å²) in [4.78, 5) is 0. The molecule has 1 heterocycles. The summed E-state index contributed by atoms with van der Waals surface area (Å²) in [7, 11) is 0. The van der Waals surface area contributed by atoms with Crippen LogP contribution >= 0.6 is 0 Å². The van der Waals surface area contributed by atoms with Gasteiger partial charge in [-0.05, 0) is 44.4 Å². The fourth-order valence-electron chi connectivity index (χ4n) is 2.99. The fourth-order valence-corrected chi connectivity index (χ4v) is 2.99. The molecule has 3 atom stereocenters. The SMILES string of the molecule is OC1CCCCC(CCC2CCCO2)C1. The zero-order valence-electron chi connectivity index (χ0n) is 9.66. The van der Waals surface area contributed by atoms with Gasteiger partial charge in [0.1, 0.15) is 0 Å². The van der Waals surface area contributed by atoms with E-state index in [-0.39, 0.29) is 6.10 Å². The Morgan fingerprint density at radius 1 is 1.00 bits per heavy atom. The summed E-state index contributed by atoms with van der Waals surface area (Å²) >= 11 is 0. The second kappa shape index (κ2) is 5.86. The Morgan fingerprint density at radius 3 is 2.67 bits per heavy atom. The van der Waals surface area contributed by atoms with Crippen molar-refractivity contribution in [1.29, 1.82) is 0 Å². The predicted octanol–water partition coefficient (Wildman–Crippen LogP) is 2.89. The number of hydrogen-bond donors (Lipinski definition) is 1. The largest absolute Gasteiger partial charge is 0.393 e. The van der Waals surface area contributed by atoms with Gasteiger partial charge in [0, 0.05) is 6.61 Å². The molecule has 1 aliphatic heterocycles. The first kappa shape index (κ1) is 11.4. The Morgan fingerprint density at radius 2 is 1.87 bits per heavy atom. The van der Waals surface area contributed by atoms with Gasteiger partial charge in [-0.3, -0.25) is 0 Å². The molecule has 0 bridgehead atoms. The van der Waals surface area contributed by atoms with Crippen molar-refractivity contribution < 1.29 is 9.84 Å². The van der Waals surface area contributed by atoms with Crippen molar-refractivity contribution in [1.82, 2.24) is 0 Å². The van der Waals surface area contributed by atoms with Crippen LogP contribution in [0.3, 0.4) is 0 Å². The third kappa shape index (κ3) is 3.76. The minimum Gasteiger partial charge on any atom is -0.393 e. The normalized spacial score (nSPS) is 37.8. The smallest absolute Gasteiger partial charge is 0.0576 e. The molecule has 2 aliphatic rings. The summed E-state index contributed by atoms with van der Waals surface area (Å²) in [6.45, 7) is 0.970. The first-order valence-corrected chi connectivity index (χ1v) is 6.64. The molecule has 0 aromatic carbocycles. The number of aliphatic hydroxyl groups is 1. The minimum atomic E-state index is -0.0259. The molecule has 1 saturated heterocycles. The van der Waals surface area contributed by atoms with E-state index in [2.05, 4.69) is 0 Å². The van der Waals surface area contributed by atoms with Crippen molar-refractivity contribution in [3.63, 3.8) is 0 Å². The topological polar surface area (TPSA) is 29.5 Å². The Kier molecular flexibility index (Phi) is 4.45. The van der Waals surface area contributed by atoms with Gasteiger partial charge in [0.05, 0.1) is 12.2 Å². The van der Waals surface area contributed by atoms with Crippen molar-refractivity contribution in [2.45, 2.75) is 70.0 Å². The maximum absolute atomic E-state index is 9.72. The average Bonchev–Trinajstić information content (AvgIpc) is 2.65. The monoisotopic (exact) mass is 212 g/mol. The Balaban J connectivity index is 1.67. The van der Waals surface area contributed by atoms with E-state index in [1.807, 2.05) is 0 Å². The van der Waals surface area contributed by atoms with E-state index in [9.17, 15) is 5.11 Å². The molecule has 2 heteroatoms. The lowest BCUT2D eigenvalue weighted by Crippen LogP contribution is -2.13. The van der Waals surface area contributed by atoms with Crippen LogP contribution in [0, 0.1) is 5.92 Å². The van der Waals surface area contributed by atoms with Crippen molar-refractivity contribution in [3.05, 3.63) is 0 Å². The molecular formula is C13H24O2. The molecule has 1 saturated carbocycles. The van der Waals surface area contributed by atoms with Gasteiger partial charge in [0.25, 0.3) is 0 Å². The molecule has 0 radical (unpaired) electrons. The highest BCUT2D eigenvalue weighted by Crippen LogP contribution is 2.29. The summed E-state index contributed by atoms with van der Waals surface area (Å²) in [5, 5.41) is 9.72. The fraction of sp³-hybridized carbons (Fsp3) is 1.00. The van der Waals surface area contributed by atoms with Crippen molar-refractivity contribution in [2.24, 2.45) is 5.92 Å². The van der Waals surface area contributed by atoms with Crippen LogP contribution in [0.5, 0.6) is 0 Å². The zero-order chi connectivity index (χ0) is 10.5. The van der Waals surface area contributed by atoms with Gasteiger partial charge in [-0.15, -0.1) is 0 Å². The Labute approximate surface area is 93.0 Å². The van der Waals surface area contributed by atoms with Gasteiger partial charge < -0.3 is 9.84 Å². The molecule has 0 amide bonds. The van der Waals surface area contributed by atoms with Crippen LogP contribution in [0.1, 0.15) is 57.8 Å². The van der Waals surface area contributed by atoms with Crippen LogP contribution in [0.25, 0.3) is 0 Å². The standard InChI is InChI=1S/C13H24O2/c14-12-5-2-1-4-11(10-12)7-8-13-6-3-9-15-13/h11-14H,1-10H2. The molecule has 2 rings (SSSR count). The van der Waals surface area contributed by atoms with E-state index in [0.29, 0.717) is 6.10 Å². The molecule has 2 nitrogen and oxygen atoms in total. The lowest BCUT2D eigenvalue weighted by Gasteiger charge is -2.18. The highest BCUT2D eigenvalue weighted by Gasteiger charge is 2.21. The van der Waals surface area contributed by atoms with Gasteiger partial charge in [0.15, 0.2) is 0 Å². The van der Waals surface area contributed by atoms with Gasteiger partial charge in [-0.25, -0.2) is 0 Å². The highest BCUT2D eigenvalue weighted by molar-refractivity contribution is 4.73. The lowest BCUT2D eigenvalue weighted by molar-refractivity contribution is 0.0912. The molecule has 0 spiro atoms. The molecule has 2 fully saturated rings. The summed E-state index contributed by atoms with van der Waals surface area (Å²) in [6.07, 6.45) is 11.4. The zero-order valence-corrected chi connectivity index (χ0v) is 9.66. The Bertz CT molecular complexity index is 175. The van der Waals surface area contributed by atoms with E-state index in [1.54, 1.807) is 0 Å². The van der Waals surface area contributed by atoms with Gasteiger partial charge in [0.2, 0.25) is 0 Å². The van der Waals surface area contributed by atoms with Crippen LogP contribution in [-0.4, -0.2) is 23.9 Å². The van der Waals surface area contributed by atoms with Crippen molar-refractivity contribution in [3.8, 4) is 0 Å². The molecule has 88 valence electrons. The van der Waals surface area contributed by atoms with E-state index >= 15 is 0 Å². The molecule has 0 aromatic rings. The number of rotatable bonds is 3. The van der Waals surface area contributed by atoms with Crippen LogP contribution in [0.15, 0.2) is 0 Å². The molecule has 1 N–H and O–H groups in total. The van der Waals surface area contributed by atoms with Crippen LogP contribution < -0.4 is 0 Å². The van der Waals surface area contributed by atoms with E-state index < -0.39 is 0 Å². The van der Waals surface area contributed by atoms with Crippen molar-refractivity contribution in [2.75, 3.05) is 6.61 Å². The minimum absolute atomic E-state index is 0.0259. The third-order valence-corrected chi connectivity index (χ3v) is 3.93. The molecule has 0 aromatic heterocycles. The number of hydrogen-bond acceptors (Lipinski definition) is 2. The van der Waals surface area contributed by atoms with Crippen LogP contribution in [0.4, 0.5) is 0 Å². The number of aliphatic hydroxyl groups excluding tert-OH is 1. The molecular weight excluding hydrogens is 188 g/mol. The summed E-state index contributed by atoms with van der Waals surface area (Å²) in [5.74, 6) is 0.756. The van der Waals surface area contributed by atoms with E-state index in [4.69, 9.17) is 4.74 Å². The molecule has 1 aliphatic carbocycles. The summed E-state index contributed by atoms with van der Waals surface area (Å²) < 4.78 is 5.64. The van der Waals surface area contributed by atoms with Crippen molar-refractivity contribution >= 4 is 0 Å². The van der Waals surface area contributed by atoms with Gasteiger partial charge in [-0.1, -0.05) is 19.3 Å². The van der Waals surface area contributed by atoms with Gasteiger partial charge in [-0.2, -0.15) is 0 Å². The summed E-state index contributed by atoms with van der Waals surface area (Å²) in [6, 6.07) is 0. The highest BCUT2D eigenvalue weighted by atomic mass is 16.5.